The molecule has 126 valence electrons. The average molecular weight is 328 g/mol. The second kappa shape index (κ2) is 7.31. The molecule has 3 rings (SSSR count). The highest BCUT2D eigenvalue weighted by molar-refractivity contribution is 5.94. The van der Waals surface area contributed by atoms with Crippen LogP contribution in [0, 0.1) is 0 Å². The van der Waals surface area contributed by atoms with Crippen molar-refractivity contribution in [3.05, 3.63) is 54.1 Å². The summed E-state index contributed by atoms with van der Waals surface area (Å²) in [4.78, 5) is 15.4. The largest absolute Gasteiger partial charge is 0.478 e. The van der Waals surface area contributed by atoms with Crippen molar-refractivity contribution in [2.24, 2.45) is 7.05 Å². The van der Waals surface area contributed by atoms with E-state index in [1.807, 2.05) is 31.3 Å². The van der Waals surface area contributed by atoms with Crippen LogP contribution in [-0.2, 0) is 16.6 Å². The first-order chi connectivity index (χ1) is 11.6. The Labute approximate surface area is 140 Å². The van der Waals surface area contributed by atoms with Crippen molar-refractivity contribution >= 4 is 11.5 Å². The second-order valence-electron chi connectivity index (χ2n) is 5.70. The standard InChI is InChI=1S/C18H20N2O4/c1-20-10-9-19-18(20)15(12-16(21)22)13-5-7-14(8-6-13)24-17-4-2-3-11-23-17/h5-10,12,17H,2-4,11H2,1H3,(H,21,22)/b15-12+. The molecule has 6 nitrogen and oxygen atoms in total. The molecule has 2 heterocycles. The van der Waals surface area contributed by atoms with Gasteiger partial charge in [-0.05, 0) is 30.5 Å². The summed E-state index contributed by atoms with van der Waals surface area (Å²) in [7, 11) is 1.83. The highest BCUT2D eigenvalue weighted by Crippen LogP contribution is 2.25. The van der Waals surface area contributed by atoms with E-state index in [2.05, 4.69) is 4.98 Å². The minimum Gasteiger partial charge on any atom is -0.478 e. The summed E-state index contributed by atoms with van der Waals surface area (Å²) in [5.74, 6) is 0.297. The lowest BCUT2D eigenvalue weighted by Crippen LogP contribution is -2.24. The van der Waals surface area contributed by atoms with Gasteiger partial charge in [-0.2, -0.15) is 0 Å². The molecule has 1 aliphatic heterocycles. The molecule has 1 aromatic heterocycles. The van der Waals surface area contributed by atoms with Crippen LogP contribution in [0.1, 0.15) is 30.7 Å². The summed E-state index contributed by atoms with van der Waals surface area (Å²) < 4.78 is 13.2. The Balaban J connectivity index is 1.81. The molecule has 2 aromatic rings. The van der Waals surface area contributed by atoms with E-state index >= 15 is 0 Å². The van der Waals surface area contributed by atoms with Gasteiger partial charge in [0.25, 0.3) is 0 Å². The lowest BCUT2D eigenvalue weighted by molar-refractivity contribution is -0.131. The highest BCUT2D eigenvalue weighted by atomic mass is 16.7. The normalized spacial score (nSPS) is 18.4. The smallest absolute Gasteiger partial charge is 0.329 e. The Bertz CT molecular complexity index is 728. The third-order valence-electron chi connectivity index (χ3n) is 3.90. The van der Waals surface area contributed by atoms with Crippen LogP contribution in [-0.4, -0.2) is 33.5 Å². The number of carboxylic acids is 1. The number of hydrogen-bond acceptors (Lipinski definition) is 4. The number of rotatable bonds is 5. The molecule has 0 aliphatic carbocycles. The number of aromatic nitrogens is 2. The number of carboxylic acid groups (broad SMARTS) is 1. The quantitative estimate of drug-likeness (QED) is 0.854. The third-order valence-corrected chi connectivity index (χ3v) is 3.90. The minimum atomic E-state index is -1.01. The SMILES string of the molecule is Cn1ccnc1/C(=C/C(=O)O)c1ccc(OC2CCCCO2)cc1. The van der Waals surface area contributed by atoms with Gasteiger partial charge in [0.15, 0.2) is 6.29 Å². The van der Waals surface area contributed by atoms with Crippen LogP contribution in [0.5, 0.6) is 5.75 Å². The van der Waals surface area contributed by atoms with Crippen LogP contribution in [0.25, 0.3) is 5.57 Å². The van der Waals surface area contributed by atoms with Gasteiger partial charge < -0.3 is 19.1 Å². The minimum absolute atomic E-state index is 0.201. The monoisotopic (exact) mass is 328 g/mol. The summed E-state index contributed by atoms with van der Waals surface area (Å²) in [6.07, 6.45) is 7.46. The molecular formula is C18H20N2O4. The molecular weight excluding hydrogens is 308 g/mol. The zero-order valence-electron chi connectivity index (χ0n) is 13.5. The average Bonchev–Trinajstić information content (AvgIpc) is 3.00. The molecule has 0 bridgehead atoms. The first-order valence-electron chi connectivity index (χ1n) is 7.94. The van der Waals surface area contributed by atoms with Crippen LogP contribution in [0.2, 0.25) is 0 Å². The van der Waals surface area contributed by atoms with Gasteiger partial charge in [-0.15, -0.1) is 0 Å². The van der Waals surface area contributed by atoms with Gasteiger partial charge in [0.1, 0.15) is 11.6 Å². The number of hydrogen-bond donors (Lipinski definition) is 1. The molecule has 0 amide bonds. The van der Waals surface area contributed by atoms with Crippen molar-refractivity contribution in [2.45, 2.75) is 25.6 Å². The number of nitrogens with zero attached hydrogens (tertiary/aromatic N) is 2. The Hall–Kier alpha value is -2.60. The molecule has 1 aromatic carbocycles. The number of aryl methyl sites for hydroxylation is 1. The first kappa shape index (κ1) is 16.3. The number of benzene rings is 1. The van der Waals surface area contributed by atoms with Crippen molar-refractivity contribution < 1.29 is 19.4 Å². The maximum atomic E-state index is 11.2. The fraction of sp³-hybridized carbons (Fsp3) is 0.333. The maximum absolute atomic E-state index is 11.2. The Morgan fingerprint density at radius 1 is 1.38 bits per heavy atom. The molecule has 0 saturated carbocycles. The van der Waals surface area contributed by atoms with Crippen molar-refractivity contribution in [3.63, 3.8) is 0 Å². The van der Waals surface area contributed by atoms with E-state index in [0.717, 1.165) is 31.4 Å². The highest BCUT2D eigenvalue weighted by Gasteiger charge is 2.16. The summed E-state index contributed by atoms with van der Waals surface area (Å²) in [5.41, 5.74) is 1.32. The van der Waals surface area contributed by atoms with E-state index < -0.39 is 5.97 Å². The number of aliphatic carboxylic acids is 1. The number of ether oxygens (including phenoxy) is 2. The summed E-state index contributed by atoms with van der Waals surface area (Å²) in [5, 5.41) is 9.15. The van der Waals surface area contributed by atoms with Gasteiger partial charge in [-0.25, -0.2) is 9.78 Å². The van der Waals surface area contributed by atoms with Crippen molar-refractivity contribution in [3.8, 4) is 5.75 Å². The fourth-order valence-electron chi connectivity index (χ4n) is 2.69. The molecule has 1 unspecified atom stereocenters. The number of carbonyl (C=O) groups is 1. The van der Waals surface area contributed by atoms with Gasteiger partial charge in [0.2, 0.25) is 0 Å². The maximum Gasteiger partial charge on any atom is 0.329 e. The zero-order valence-corrected chi connectivity index (χ0v) is 13.5. The predicted molar refractivity (Wildman–Crippen MR) is 88.6 cm³/mol. The second-order valence-corrected chi connectivity index (χ2v) is 5.70. The predicted octanol–water partition coefficient (Wildman–Crippen LogP) is 2.84. The zero-order chi connectivity index (χ0) is 16.9. The van der Waals surface area contributed by atoms with Gasteiger partial charge in [0, 0.05) is 37.5 Å². The van der Waals surface area contributed by atoms with Crippen LogP contribution in [0.4, 0.5) is 0 Å². The lowest BCUT2D eigenvalue weighted by atomic mass is 10.0. The van der Waals surface area contributed by atoms with Crippen LogP contribution < -0.4 is 4.74 Å². The summed E-state index contributed by atoms with van der Waals surface area (Å²) in [6.45, 7) is 0.730. The fourth-order valence-corrected chi connectivity index (χ4v) is 2.69. The Morgan fingerprint density at radius 2 is 2.17 bits per heavy atom. The van der Waals surface area contributed by atoms with Crippen LogP contribution in [0.3, 0.4) is 0 Å². The van der Waals surface area contributed by atoms with E-state index in [0.29, 0.717) is 17.1 Å². The molecule has 1 N–H and O–H groups in total. The van der Waals surface area contributed by atoms with Gasteiger partial charge >= 0.3 is 5.97 Å². The molecule has 0 spiro atoms. The molecule has 24 heavy (non-hydrogen) atoms. The van der Waals surface area contributed by atoms with E-state index in [4.69, 9.17) is 14.6 Å². The molecule has 1 aliphatic rings. The van der Waals surface area contributed by atoms with Crippen molar-refractivity contribution in [1.29, 1.82) is 0 Å². The van der Waals surface area contributed by atoms with E-state index in [1.165, 1.54) is 6.08 Å². The Morgan fingerprint density at radius 3 is 2.75 bits per heavy atom. The van der Waals surface area contributed by atoms with Crippen LogP contribution >= 0.6 is 0 Å². The van der Waals surface area contributed by atoms with E-state index in [1.54, 1.807) is 17.0 Å². The summed E-state index contributed by atoms with van der Waals surface area (Å²) in [6, 6.07) is 7.32. The molecule has 1 fully saturated rings. The van der Waals surface area contributed by atoms with Crippen molar-refractivity contribution in [2.75, 3.05) is 6.61 Å². The topological polar surface area (TPSA) is 73.6 Å². The molecule has 6 heteroatoms. The van der Waals surface area contributed by atoms with E-state index in [-0.39, 0.29) is 6.29 Å². The van der Waals surface area contributed by atoms with Gasteiger partial charge in [-0.3, -0.25) is 0 Å². The van der Waals surface area contributed by atoms with Crippen LogP contribution in [0.15, 0.2) is 42.7 Å². The Kier molecular flexibility index (Phi) is 4.96. The number of imidazole rings is 1. The first-order valence-corrected chi connectivity index (χ1v) is 7.94. The lowest BCUT2D eigenvalue weighted by Gasteiger charge is -2.23. The molecule has 1 atom stereocenters. The summed E-state index contributed by atoms with van der Waals surface area (Å²) >= 11 is 0. The van der Waals surface area contributed by atoms with E-state index in [9.17, 15) is 4.79 Å². The van der Waals surface area contributed by atoms with Gasteiger partial charge in [-0.1, -0.05) is 12.1 Å². The molecule has 1 saturated heterocycles. The van der Waals surface area contributed by atoms with Crippen molar-refractivity contribution in [1.82, 2.24) is 9.55 Å². The molecule has 0 radical (unpaired) electrons. The van der Waals surface area contributed by atoms with Gasteiger partial charge in [0.05, 0.1) is 6.61 Å². The third kappa shape index (κ3) is 3.83.